The number of aromatic amines is 2. The highest BCUT2D eigenvalue weighted by atomic mass is 32.2. The summed E-state index contributed by atoms with van der Waals surface area (Å²) in [6.45, 7) is 6.51. The number of rotatable bonds is 10. The van der Waals surface area contributed by atoms with Gasteiger partial charge in [0.15, 0.2) is 0 Å². The van der Waals surface area contributed by atoms with Gasteiger partial charge in [-0.15, -0.1) is 11.3 Å². The molecule has 5 rings (SSSR count). The summed E-state index contributed by atoms with van der Waals surface area (Å²) >= 11 is 1.52. The van der Waals surface area contributed by atoms with Gasteiger partial charge >= 0.3 is 5.69 Å². The van der Waals surface area contributed by atoms with Gasteiger partial charge in [-0.3, -0.25) is 9.78 Å². The van der Waals surface area contributed by atoms with E-state index in [4.69, 9.17) is 14.2 Å². The van der Waals surface area contributed by atoms with E-state index in [1.165, 1.54) is 28.1 Å². The fraction of sp³-hybridized carbons (Fsp3) is 0.294. The Morgan fingerprint density at radius 1 is 0.848 bits per heavy atom. The topological polar surface area (TPSA) is 131 Å². The molecule has 0 amide bonds. The Kier molecular flexibility index (Phi) is 9.16. The SMILES string of the molecule is COc1ccc(CN(Cc2csc3cc(-c4cc(-c5c[nH]c(=O)[nH]c5=O)cc(C(C)(C)C)c4OC)ccc23)S(C)(=O)=O)c(OC)c1. The Balaban J connectivity index is 1.57. The highest BCUT2D eigenvalue weighted by Gasteiger charge is 2.25. The van der Waals surface area contributed by atoms with Crippen molar-refractivity contribution < 1.29 is 22.6 Å². The van der Waals surface area contributed by atoms with Crippen LogP contribution in [-0.2, 0) is 28.5 Å². The van der Waals surface area contributed by atoms with E-state index in [9.17, 15) is 18.0 Å². The summed E-state index contributed by atoms with van der Waals surface area (Å²) in [7, 11) is 1.15. The molecule has 0 aliphatic carbocycles. The zero-order valence-corrected chi connectivity index (χ0v) is 28.4. The predicted octanol–water partition coefficient (Wildman–Crippen LogP) is 5.90. The van der Waals surface area contributed by atoms with Crippen LogP contribution in [0.3, 0.4) is 0 Å². The third-order valence-corrected chi connectivity index (χ3v) is 10.0. The molecule has 0 fully saturated rings. The second-order valence-electron chi connectivity index (χ2n) is 12.0. The van der Waals surface area contributed by atoms with Crippen LogP contribution >= 0.6 is 11.3 Å². The lowest BCUT2D eigenvalue weighted by Gasteiger charge is -2.25. The van der Waals surface area contributed by atoms with Gasteiger partial charge in [-0.05, 0) is 57.1 Å². The van der Waals surface area contributed by atoms with Gasteiger partial charge in [0.25, 0.3) is 5.56 Å². The number of hydrogen-bond acceptors (Lipinski definition) is 8. The molecule has 2 N–H and O–H groups in total. The maximum Gasteiger partial charge on any atom is 0.325 e. The molecule has 0 bridgehead atoms. The second-order valence-corrected chi connectivity index (χ2v) is 14.9. The zero-order chi connectivity index (χ0) is 33.4. The Morgan fingerprint density at radius 3 is 2.22 bits per heavy atom. The van der Waals surface area contributed by atoms with Crippen molar-refractivity contribution in [2.75, 3.05) is 27.6 Å². The van der Waals surface area contributed by atoms with Gasteiger partial charge in [-0.1, -0.05) is 39.0 Å². The van der Waals surface area contributed by atoms with E-state index in [2.05, 4.69) is 30.7 Å². The van der Waals surface area contributed by atoms with Crippen LogP contribution in [0.15, 0.2) is 69.7 Å². The van der Waals surface area contributed by atoms with Gasteiger partial charge in [-0.2, -0.15) is 4.31 Å². The van der Waals surface area contributed by atoms with Gasteiger partial charge in [0.1, 0.15) is 17.2 Å². The molecule has 2 aromatic heterocycles. The van der Waals surface area contributed by atoms with E-state index in [-0.39, 0.29) is 18.5 Å². The van der Waals surface area contributed by atoms with Crippen LogP contribution < -0.4 is 25.5 Å². The Morgan fingerprint density at radius 2 is 1.59 bits per heavy atom. The number of benzene rings is 3. The van der Waals surface area contributed by atoms with Crippen LogP contribution in [0.25, 0.3) is 32.3 Å². The summed E-state index contributed by atoms with van der Waals surface area (Å²) in [5.74, 6) is 1.85. The van der Waals surface area contributed by atoms with Crippen LogP contribution in [-0.4, -0.2) is 50.3 Å². The maximum atomic E-state index is 12.9. The standard InChI is InChI=1S/C34H37N3O7S2/c1-34(2,3)28-13-22(27-16-35-33(39)36-32(27)38)12-26(31(28)44-6)20-9-11-25-23(19-45-30(25)14-20)18-37(46(7,40)41)17-21-8-10-24(42-4)15-29(21)43-5/h8-16,19H,17-18H2,1-7H3,(H2,35,36,38,39). The van der Waals surface area contributed by atoms with Crippen LogP contribution in [0.4, 0.5) is 0 Å². The molecule has 0 unspecified atom stereocenters. The van der Waals surface area contributed by atoms with Crippen LogP contribution in [0.2, 0.25) is 0 Å². The quantitative estimate of drug-likeness (QED) is 0.190. The number of sulfonamides is 1. The molecule has 3 aromatic carbocycles. The second kappa shape index (κ2) is 12.8. The minimum Gasteiger partial charge on any atom is -0.497 e. The third-order valence-electron chi connectivity index (χ3n) is 7.85. The first-order chi connectivity index (χ1) is 21.7. The summed E-state index contributed by atoms with van der Waals surface area (Å²) in [6.07, 6.45) is 2.62. The summed E-state index contributed by atoms with van der Waals surface area (Å²) in [5.41, 5.74) is 3.75. The Bertz CT molecular complexity index is 2140. The van der Waals surface area contributed by atoms with Crippen molar-refractivity contribution in [2.24, 2.45) is 0 Å². The molecule has 10 nitrogen and oxygen atoms in total. The summed E-state index contributed by atoms with van der Waals surface area (Å²) in [5, 5.41) is 2.92. The van der Waals surface area contributed by atoms with Crippen molar-refractivity contribution in [3.05, 3.63) is 97.6 Å². The van der Waals surface area contributed by atoms with E-state index in [0.29, 0.717) is 28.4 Å². The lowest BCUT2D eigenvalue weighted by atomic mass is 9.82. The van der Waals surface area contributed by atoms with E-state index in [1.807, 2.05) is 41.8 Å². The molecule has 242 valence electrons. The van der Waals surface area contributed by atoms with Crippen LogP contribution in [0.1, 0.15) is 37.5 Å². The van der Waals surface area contributed by atoms with Gasteiger partial charge in [-0.25, -0.2) is 13.2 Å². The normalized spacial score (nSPS) is 12.1. The summed E-state index contributed by atoms with van der Waals surface area (Å²) in [4.78, 5) is 29.3. The monoisotopic (exact) mass is 663 g/mol. The van der Waals surface area contributed by atoms with Gasteiger partial charge in [0.2, 0.25) is 10.0 Å². The minimum absolute atomic E-state index is 0.130. The molecular formula is C34H37N3O7S2. The molecule has 2 heterocycles. The Hall–Kier alpha value is -4.39. The number of fused-ring (bicyclic) bond motifs is 1. The number of ether oxygens (including phenoxy) is 3. The average molecular weight is 664 g/mol. The van der Waals surface area contributed by atoms with Crippen molar-refractivity contribution in [2.45, 2.75) is 39.3 Å². The van der Waals surface area contributed by atoms with Gasteiger partial charge in [0, 0.05) is 46.7 Å². The predicted molar refractivity (Wildman–Crippen MR) is 183 cm³/mol. The third kappa shape index (κ3) is 6.74. The summed E-state index contributed by atoms with van der Waals surface area (Å²) < 4.78 is 45.0. The first kappa shape index (κ1) is 33.0. The van der Waals surface area contributed by atoms with Crippen molar-refractivity contribution in [1.29, 1.82) is 0 Å². The van der Waals surface area contributed by atoms with E-state index in [0.717, 1.165) is 37.9 Å². The van der Waals surface area contributed by atoms with Crippen LogP contribution in [0, 0.1) is 0 Å². The molecule has 0 radical (unpaired) electrons. The molecule has 12 heteroatoms. The number of methoxy groups -OCH3 is 3. The number of hydrogen-bond donors (Lipinski definition) is 2. The fourth-order valence-corrected chi connectivity index (χ4v) is 7.17. The average Bonchev–Trinajstić information content (AvgIpc) is 3.41. The Labute approximate surface area is 271 Å². The molecule has 0 spiro atoms. The number of H-pyrrole nitrogens is 2. The number of nitrogens with zero attached hydrogens (tertiary/aromatic N) is 1. The molecule has 0 saturated heterocycles. The van der Waals surface area contributed by atoms with Crippen molar-refractivity contribution in [3.63, 3.8) is 0 Å². The molecule has 0 aliphatic heterocycles. The molecule has 0 saturated carbocycles. The maximum absolute atomic E-state index is 12.9. The van der Waals surface area contributed by atoms with Gasteiger partial charge in [0.05, 0.1) is 33.1 Å². The lowest BCUT2D eigenvalue weighted by molar-refractivity contribution is 0.371. The van der Waals surface area contributed by atoms with E-state index >= 15 is 0 Å². The first-order valence-electron chi connectivity index (χ1n) is 14.4. The fourth-order valence-electron chi connectivity index (χ4n) is 5.43. The highest BCUT2D eigenvalue weighted by molar-refractivity contribution is 7.88. The van der Waals surface area contributed by atoms with Crippen molar-refractivity contribution in [1.82, 2.24) is 14.3 Å². The molecule has 0 atom stereocenters. The molecular weight excluding hydrogens is 627 g/mol. The van der Waals surface area contributed by atoms with E-state index in [1.54, 1.807) is 33.5 Å². The lowest BCUT2D eigenvalue weighted by Crippen LogP contribution is -2.29. The van der Waals surface area contributed by atoms with E-state index < -0.39 is 21.3 Å². The molecule has 46 heavy (non-hydrogen) atoms. The van der Waals surface area contributed by atoms with Gasteiger partial charge < -0.3 is 19.2 Å². The number of aromatic nitrogens is 2. The minimum atomic E-state index is -3.58. The number of nitrogens with one attached hydrogen (secondary N) is 2. The zero-order valence-electron chi connectivity index (χ0n) is 26.8. The largest absolute Gasteiger partial charge is 0.497 e. The van der Waals surface area contributed by atoms with Crippen LogP contribution in [0.5, 0.6) is 17.2 Å². The van der Waals surface area contributed by atoms with Crippen molar-refractivity contribution in [3.8, 4) is 39.5 Å². The van der Waals surface area contributed by atoms with Crippen molar-refractivity contribution >= 4 is 31.4 Å². The molecule has 0 aliphatic rings. The smallest absolute Gasteiger partial charge is 0.325 e. The first-order valence-corrected chi connectivity index (χ1v) is 17.2. The number of thiophene rings is 1. The molecule has 5 aromatic rings. The highest BCUT2D eigenvalue weighted by Crippen LogP contribution is 2.43. The summed E-state index contributed by atoms with van der Waals surface area (Å²) in [6, 6.07) is 15.1.